The quantitative estimate of drug-likeness (QED) is 0.853. The second kappa shape index (κ2) is 5.89. The molecule has 0 unspecified atom stereocenters. The van der Waals surface area contributed by atoms with Crippen LogP contribution in [0, 0.1) is 0 Å². The van der Waals surface area contributed by atoms with E-state index in [4.69, 9.17) is 5.73 Å². The second-order valence-corrected chi connectivity index (χ2v) is 5.24. The maximum absolute atomic E-state index is 12.5. The lowest BCUT2D eigenvalue weighted by molar-refractivity contribution is -0.137. The third kappa shape index (κ3) is 3.85. The van der Waals surface area contributed by atoms with E-state index < -0.39 is 11.7 Å². The molecule has 3 nitrogen and oxygen atoms in total. The number of nitrogens with two attached hydrogens (primary N) is 1. The highest BCUT2D eigenvalue weighted by Gasteiger charge is 2.30. The van der Waals surface area contributed by atoms with Gasteiger partial charge in [-0.25, -0.2) is 0 Å². The van der Waals surface area contributed by atoms with Crippen molar-refractivity contribution in [3.8, 4) is 0 Å². The fraction of sp³-hybridized carbons (Fsp3) is 0.400. The summed E-state index contributed by atoms with van der Waals surface area (Å²) in [5.74, 6) is -0.152. The molecule has 0 aliphatic carbocycles. The minimum absolute atomic E-state index is 0.00808. The van der Waals surface area contributed by atoms with E-state index >= 15 is 0 Å². The van der Waals surface area contributed by atoms with Gasteiger partial charge >= 0.3 is 6.18 Å². The average molecular weight is 298 g/mol. The number of halogens is 3. The first kappa shape index (κ1) is 15.6. The predicted octanol–water partition coefficient (Wildman–Crippen LogP) is 2.67. The summed E-state index contributed by atoms with van der Waals surface area (Å²) >= 11 is 0. The molecule has 1 amide bonds. The summed E-state index contributed by atoms with van der Waals surface area (Å²) in [5, 5.41) is 0. The lowest BCUT2D eigenvalue weighted by atomic mass is 10.0. The van der Waals surface area contributed by atoms with Gasteiger partial charge in [-0.15, -0.1) is 0 Å². The number of amides is 1. The number of rotatable bonds is 2. The zero-order valence-electron chi connectivity index (χ0n) is 11.7. The standard InChI is InChI=1S/C15H17F3N2O/c1-10(8-14(21)20-7-6-13(19)9-20)11-2-4-12(5-3-11)15(16,17)18/h2-5,8,13H,6-7,9,19H2,1H3/b10-8+/t13-/m1/s1. The Morgan fingerprint density at radius 3 is 2.43 bits per heavy atom. The predicted molar refractivity (Wildman–Crippen MR) is 74.3 cm³/mol. The van der Waals surface area contributed by atoms with E-state index in [2.05, 4.69) is 0 Å². The molecule has 0 saturated carbocycles. The topological polar surface area (TPSA) is 46.3 Å². The Balaban J connectivity index is 2.10. The van der Waals surface area contributed by atoms with Crippen LogP contribution in [-0.2, 0) is 11.0 Å². The molecule has 1 heterocycles. The number of carbonyl (C=O) groups excluding carboxylic acids is 1. The first-order valence-electron chi connectivity index (χ1n) is 6.68. The number of allylic oxidation sites excluding steroid dienone is 1. The van der Waals surface area contributed by atoms with Gasteiger partial charge in [0.2, 0.25) is 5.91 Å². The van der Waals surface area contributed by atoms with E-state index in [1.807, 2.05) is 0 Å². The maximum Gasteiger partial charge on any atom is 0.416 e. The van der Waals surface area contributed by atoms with Gasteiger partial charge in [-0.1, -0.05) is 12.1 Å². The summed E-state index contributed by atoms with van der Waals surface area (Å²) in [6.07, 6.45) is -2.13. The second-order valence-electron chi connectivity index (χ2n) is 5.24. The number of benzene rings is 1. The van der Waals surface area contributed by atoms with Crippen LogP contribution in [0.15, 0.2) is 30.3 Å². The Morgan fingerprint density at radius 1 is 1.33 bits per heavy atom. The monoisotopic (exact) mass is 298 g/mol. The minimum atomic E-state index is -4.35. The first-order chi connectivity index (χ1) is 9.77. The molecular formula is C15H17F3N2O. The molecule has 0 bridgehead atoms. The molecule has 0 aromatic heterocycles. The molecule has 0 spiro atoms. The Labute approximate surface area is 121 Å². The number of carbonyl (C=O) groups is 1. The largest absolute Gasteiger partial charge is 0.416 e. The molecule has 0 radical (unpaired) electrons. The highest BCUT2D eigenvalue weighted by Crippen LogP contribution is 2.30. The molecule has 1 saturated heterocycles. The number of likely N-dealkylation sites (tertiary alicyclic amines) is 1. The molecule has 114 valence electrons. The fourth-order valence-electron chi connectivity index (χ4n) is 2.27. The van der Waals surface area contributed by atoms with E-state index in [-0.39, 0.29) is 11.9 Å². The van der Waals surface area contributed by atoms with Gasteiger partial charge in [0.1, 0.15) is 0 Å². The Bertz CT molecular complexity index is 549. The molecule has 1 aromatic carbocycles. The number of alkyl halides is 3. The van der Waals surface area contributed by atoms with Crippen LogP contribution < -0.4 is 5.73 Å². The molecule has 6 heteroatoms. The molecule has 2 N–H and O–H groups in total. The van der Waals surface area contributed by atoms with Crippen LogP contribution >= 0.6 is 0 Å². The molecule has 21 heavy (non-hydrogen) atoms. The van der Waals surface area contributed by atoms with Crippen LogP contribution in [0.3, 0.4) is 0 Å². The lowest BCUT2D eigenvalue weighted by Crippen LogP contribution is -2.30. The Hall–Kier alpha value is -1.82. The van der Waals surface area contributed by atoms with Crippen molar-refractivity contribution in [2.45, 2.75) is 25.6 Å². The van der Waals surface area contributed by atoms with Crippen molar-refractivity contribution in [1.29, 1.82) is 0 Å². The number of nitrogens with zero attached hydrogens (tertiary/aromatic N) is 1. The van der Waals surface area contributed by atoms with Crippen LogP contribution in [0.1, 0.15) is 24.5 Å². The average Bonchev–Trinajstić information content (AvgIpc) is 2.84. The van der Waals surface area contributed by atoms with Crippen LogP contribution in [0.5, 0.6) is 0 Å². The minimum Gasteiger partial charge on any atom is -0.338 e. The van der Waals surface area contributed by atoms with Crippen molar-refractivity contribution in [1.82, 2.24) is 4.90 Å². The molecular weight excluding hydrogens is 281 g/mol. The zero-order chi connectivity index (χ0) is 15.6. The van der Waals surface area contributed by atoms with Crippen molar-refractivity contribution >= 4 is 11.5 Å². The van der Waals surface area contributed by atoms with E-state index in [1.165, 1.54) is 18.2 Å². The summed E-state index contributed by atoms with van der Waals surface area (Å²) in [4.78, 5) is 13.7. The third-order valence-corrected chi connectivity index (χ3v) is 3.54. The normalized spacial score (nSPS) is 20.0. The van der Waals surface area contributed by atoms with Gasteiger partial charge in [0.05, 0.1) is 5.56 Å². The van der Waals surface area contributed by atoms with E-state index in [0.717, 1.165) is 18.6 Å². The Morgan fingerprint density at radius 2 is 1.95 bits per heavy atom. The van der Waals surface area contributed by atoms with Gasteiger partial charge in [-0.05, 0) is 36.6 Å². The molecule has 1 aliphatic heterocycles. The SMILES string of the molecule is C/C(=C\C(=O)N1CC[C@@H](N)C1)c1ccc(C(F)(F)F)cc1. The summed E-state index contributed by atoms with van der Waals surface area (Å²) in [6, 6.07) is 4.79. The summed E-state index contributed by atoms with van der Waals surface area (Å²) in [5.41, 5.74) is 6.27. The smallest absolute Gasteiger partial charge is 0.338 e. The third-order valence-electron chi connectivity index (χ3n) is 3.54. The van der Waals surface area contributed by atoms with E-state index in [0.29, 0.717) is 24.2 Å². The van der Waals surface area contributed by atoms with E-state index in [9.17, 15) is 18.0 Å². The van der Waals surface area contributed by atoms with Crippen molar-refractivity contribution in [3.05, 3.63) is 41.5 Å². The summed E-state index contributed by atoms with van der Waals surface area (Å²) in [6.45, 7) is 2.85. The van der Waals surface area contributed by atoms with Crippen molar-refractivity contribution in [2.24, 2.45) is 5.73 Å². The van der Waals surface area contributed by atoms with Gasteiger partial charge in [-0.3, -0.25) is 4.79 Å². The number of hydrogen-bond acceptors (Lipinski definition) is 2. The van der Waals surface area contributed by atoms with Crippen LogP contribution in [0.2, 0.25) is 0 Å². The highest BCUT2D eigenvalue weighted by atomic mass is 19.4. The first-order valence-corrected chi connectivity index (χ1v) is 6.68. The molecule has 1 aliphatic rings. The van der Waals surface area contributed by atoms with Crippen LogP contribution in [0.25, 0.3) is 5.57 Å². The fourth-order valence-corrected chi connectivity index (χ4v) is 2.27. The zero-order valence-corrected chi connectivity index (χ0v) is 11.7. The van der Waals surface area contributed by atoms with Gasteiger partial charge < -0.3 is 10.6 Å². The maximum atomic E-state index is 12.5. The van der Waals surface area contributed by atoms with Gasteiger partial charge in [0.15, 0.2) is 0 Å². The van der Waals surface area contributed by atoms with Crippen molar-refractivity contribution in [3.63, 3.8) is 0 Å². The van der Waals surface area contributed by atoms with Crippen LogP contribution in [-0.4, -0.2) is 29.9 Å². The molecule has 1 atom stereocenters. The summed E-state index contributed by atoms with van der Waals surface area (Å²) in [7, 11) is 0. The van der Waals surface area contributed by atoms with E-state index in [1.54, 1.807) is 11.8 Å². The van der Waals surface area contributed by atoms with Gasteiger partial charge in [0.25, 0.3) is 0 Å². The van der Waals surface area contributed by atoms with Crippen LogP contribution in [0.4, 0.5) is 13.2 Å². The van der Waals surface area contributed by atoms with Crippen molar-refractivity contribution in [2.75, 3.05) is 13.1 Å². The molecule has 1 aromatic rings. The highest BCUT2D eigenvalue weighted by molar-refractivity contribution is 5.95. The Kier molecular flexibility index (Phi) is 4.37. The number of hydrogen-bond donors (Lipinski definition) is 1. The van der Waals surface area contributed by atoms with Gasteiger partial charge in [-0.2, -0.15) is 13.2 Å². The lowest BCUT2D eigenvalue weighted by Gasteiger charge is -2.14. The van der Waals surface area contributed by atoms with Crippen molar-refractivity contribution < 1.29 is 18.0 Å². The summed E-state index contributed by atoms with van der Waals surface area (Å²) < 4.78 is 37.5. The molecule has 1 fully saturated rings. The molecule has 2 rings (SSSR count). The van der Waals surface area contributed by atoms with Gasteiger partial charge in [0, 0.05) is 25.2 Å².